The van der Waals surface area contributed by atoms with Gasteiger partial charge in [0.25, 0.3) is 5.91 Å². The van der Waals surface area contributed by atoms with Crippen LogP contribution in [0.4, 0.5) is 5.82 Å². The average molecular weight is 382 g/mol. The van der Waals surface area contributed by atoms with Gasteiger partial charge in [0.05, 0.1) is 11.6 Å². The summed E-state index contributed by atoms with van der Waals surface area (Å²) in [5.41, 5.74) is 0.974. The van der Waals surface area contributed by atoms with Crippen LogP contribution >= 0.6 is 23.2 Å². The number of nitrogens with one attached hydrogen (secondary N) is 1. The van der Waals surface area contributed by atoms with Crippen LogP contribution in [0.25, 0.3) is 0 Å². The average Bonchev–Trinajstić information content (AvgIpc) is 2.55. The summed E-state index contributed by atoms with van der Waals surface area (Å²) in [7, 11) is 1.51. The topological polar surface area (TPSA) is 71.5 Å². The van der Waals surface area contributed by atoms with Crippen molar-refractivity contribution in [1.82, 2.24) is 9.88 Å². The molecule has 2 aromatic rings. The van der Waals surface area contributed by atoms with Gasteiger partial charge in [-0.05, 0) is 36.8 Å². The molecule has 0 aliphatic carbocycles. The highest BCUT2D eigenvalue weighted by atomic mass is 35.5. The van der Waals surface area contributed by atoms with Crippen molar-refractivity contribution in [2.24, 2.45) is 0 Å². The highest BCUT2D eigenvalue weighted by molar-refractivity contribution is 6.34. The zero-order valence-electron chi connectivity index (χ0n) is 13.8. The molecule has 132 valence electrons. The second kappa shape index (κ2) is 8.69. The fourth-order valence-corrected chi connectivity index (χ4v) is 2.26. The predicted molar refractivity (Wildman–Crippen MR) is 97.2 cm³/mol. The Bertz CT molecular complexity index is 783. The maximum atomic E-state index is 12.1. The van der Waals surface area contributed by atoms with E-state index < -0.39 is 0 Å². The monoisotopic (exact) mass is 381 g/mol. The van der Waals surface area contributed by atoms with Crippen LogP contribution in [-0.4, -0.2) is 41.9 Å². The van der Waals surface area contributed by atoms with Crippen molar-refractivity contribution in [2.45, 2.75) is 6.92 Å². The van der Waals surface area contributed by atoms with E-state index >= 15 is 0 Å². The lowest BCUT2D eigenvalue weighted by Crippen LogP contribution is -2.37. The molecule has 0 aliphatic rings. The fourth-order valence-electron chi connectivity index (χ4n) is 1.93. The molecular formula is C17H17Cl2N3O3. The quantitative estimate of drug-likeness (QED) is 0.833. The minimum atomic E-state index is -0.372. The first-order valence-corrected chi connectivity index (χ1v) is 8.15. The van der Waals surface area contributed by atoms with Crippen molar-refractivity contribution >= 4 is 40.8 Å². The third-order valence-electron chi connectivity index (χ3n) is 3.23. The lowest BCUT2D eigenvalue weighted by molar-refractivity contribution is -0.135. The predicted octanol–water partition coefficient (Wildman–Crippen LogP) is 3.17. The van der Waals surface area contributed by atoms with Gasteiger partial charge < -0.3 is 15.0 Å². The van der Waals surface area contributed by atoms with Crippen molar-refractivity contribution < 1.29 is 14.3 Å². The molecular weight excluding hydrogens is 365 g/mol. The lowest BCUT2D eigenvalue weighted by atomic mass is 10.3. The first-order valence-electron chi connectivity index (χ1n) is 7.39. The number of rotatable bonds is 6. The highest BCUT2D eigenvalue weighted by Crippen LogP contribution is 2.27. The van der Waals surface area contributed by atoms with Crippen molar-refractivity contribution in [3.8, 4) is 5.75 Å². The number of likely N-dealkylation sites (N-methyl/N-ethyl adjacent to an activating group) is 1. The number of halogens is 2. The summed E-state index contributed by atoms with van der Waals surface area (Å²) in [5.74, 6) is 0.0234. The first kappa shape index (κ1) is 19.0. The molecule has 2 rings (SSSR count). The van der Waals surface area contributed by atoms with E-state index in [1.807, 2.05) is 13.0 Å². The normalized spacial score (nSPS) is 10.2. The van der Waals surface area contributed by atoms with Crippen LogP contribution in [0, 0.1) is 6.92 Å². The van der Waals surface area contributed by atoms with E-state index in [1.165, 1.54) is 18.0 Å². The van der Waals surface area contributed by atoms with E-state index in [2.05, 4.69) is 10.3 Å². The molecule has 0 bridgehead atoms. The zero-order valence-corrected chi connectivity index (χ0v) is 15.3. The van der Waals surface area contributed by atoms with Gasteiger partial charge in [-0.2, -0.15) is 0 Å². The smallest absolute Gasteiger partial charge is 0.260 e. The third kappa shape index (κ3) is 5.92. The molecule has 0 saturated carbocycles. The Morgan fingerprint density at radius 1 is 1.24 bits per heavy atom. The number of hydrogen-bond donors (Lipinski definition) is 1. The van der Waals surface area contributed by atoms with Gasteiger partial charge in [-0.1, -0.05) is 23.2 Å². The molecule has 1 heterocycles. The minimum Gasteiger partial charge on any atom is -0.482 e. The third-order valence-corrected chi connectivity index (χ3v) is 3.78. The fraction of sp³-hybridized carbons (Fsp3) is 0.235. The summed E-state index contributed by atoms with van der Waals surface area (Å²) in [5, 5.41) is 3.43. The molecule has 0 aliphatic heterocycles. The number of anilines is 1. The van der Waals surface area contributed by atoms with E-state index in [4.69, 9.17) is 27.9 Å². The minimum absolute atomic E-state index is 0.124. The Labute approximate surface area is 155 Å². The standard InChI is InChI=1S/C17H17Cl2N3O3/c1-11-5-6-20-15(7-11)21-16(23)9-22(2)17(24)10-25-14-8-12(18)3-4-13(14)19/h3-8H,9-10H2,1-2H3,(H,20,21,23). The summed E-state index contributed by atoms with van der Waals surface area (Å²) in [6.07, 6.45) is 1.60. The SMILES string of the molecule is Cc1ccnc(NC(=O)CN(C)C(=O)COc2cc(Cl)ccc2Cl)c1. The molecule has 0 unspecified atom stereocenters. The maximum absolute atomic E-state index is 12.1. The Hall–Kier alpha value is -2.31. The molecule has 0 fully saturated rings. The lowest BCUT2D eigenvalue weighted by Gasteiger charge is -2.17. The molecule has 1 aromatic heterocycles. The molecule has 25 heavy (non-hydrogen) atoms. The summed E-state index contributed by atoms with van der Waals surface area (Å²) >= 11 is 11.8. The molecule has 2 amide bonds. The van der Waals surface area contributed by atoms with Gasteiger partial charge in [0, 0.05) is 24.3 Å². The van der Waals surface area contributed by atoms with E-state index in [9.17, 15) is 9.59 Å². The van der Waals surface area contributed by atoms with Crippen molar-refractivity contribution in [2.75, 3.05) is 25.5 Å². The second-order valence-corrected chi connectivity index (χ2v) is 6.22. The number of nitrogens with zero attached hydrogens (tertiary/aromatic N) is 2. The maximum Gasteiger partial charge on any atom is 0.260 e. The van der Waals surface area contributed by atoms with Gasteiger partial charge in [-0.3, -0.25) is 9.59 Å². The van der Waals surface area contributed by atoms with E-state index in [1.54, 1.807) is 24.4 Å². The van der Waals surface area contributed by atoms with Gasteiger partial charge in [-0.15, -0.1) is 0 Å². The molecule has 0 spiro atoms. The molecule has 8 heteroatoms. The van der Waals surface area contributed by atoms with Gasteiger partial charge in [0.15, 0.2) is 6.61 Å². The first-order chi connectivity index (χ1) is 11.8. The largest absolute Gasteiger partial charge is 0.482 e. The van der Waals surface area contributed by atoms with Gasteiger partial charge in [0.2, 0.25) is 5.91 Å². The van der Waals surface area contributed by atoms with E-state index in [0.717, 1.165) is 5.56 Å². The van der Waals surface area contributed by atoms with Crippen LogP contribution in [0.1, 0.15) is 5.56 Å². The summed E-state index contributed by atoms with van der Waals surface area (Å²) in [4.78, 5) is 29.4. The van der Waals surface area contributed by atoms with Crippen LogP contribution in [0.3, 0.4) is 0 Å². The molecule has 1 N–H and O–H groups in total. The number of ether oxygens (including phenoxy) is 1. The molecule has 6 nitrogen and oxygen atoms in total. The van der Waals surface area contributed by atoms with Gasteiger partial charge in [0.1, 0.15) is 11.6 Å². The van der Waals surface area contributed by atoms with E-state index in [-0.39, 0.29) is 25.0 Å². The zero-order chi connectivity index (χ0) is 18.4. The summed E-state index contributed by atoms with van der Waals surface area (Å²) < 4.78 is 5.36. The number of aromatic nitrogens is 1. The van der Waals surface area contributed by atoms with Crippen LogP contribution in [0.5, 0.6) is 5.75 Å². The number of carbonyl (C=O) groups is 2. The van der Waals surface area contributed by atoms with Crippen LogP contribution in [0.15, 0.2) is 36.5 Å². The Morgan fingerprint density at radius 3 is 2.72 bits per heavy atom. The van der Waals surface area contributed by atoms with Crippen LogP contribution in [-0.2, 0) is 9.59 Å². The molecule has 0 saturated heterocycles. The number of hydrogen-bond acceptors (Lipinski definition) is 4. The second-order valence-electron chi connectivity index (χ2n) is 5.38. The number of amides is 2. The van der Waals surface area contributed by atoms with Crippen molar-refractivity contribution in [3.05, 3.63) is 52.1 Å². The van der Waals surface area contributed by atoms with Gasteiger partial charge in [-0.25, -0.2) is 4.98 Å². The number of pyridine rings is 1. The number of aryl methyl sites for hydroxylation is 1. The Balaban J connectivity index is 1.85. The highest BCUT2D eigenvalue weighted by Gasteiger charge is 2.15. The Kier molecular flexibility index (Phi) is 6.61. The van der Waals surface area contributed by atoms with Crippen molar-refractivity contribution in [1.29, 1.82) is 0 Å². The van der Waals surface area contributed by atoms with Crippen LogP contribution in [0.2, 0.25) is 10.0 Å². The Morgan fingerprint density at radius 2 is 2.00 bits per heavy atom. The van der Waals surface area contributed by atoms with Crippen molar-refractivity contribution in [3.63, 3.8) is 0 Å². The summed E-state index contributed by atoms with van der Waals surface area (Å²) in [6.45, 7) is 1.51. The molecule has 0 radical (unpaired) electrons. The molecule has 1 aromatic carbocycles. The van der Waals surface area contributed by atoms with Gasteiger partial charge >= 0.3 is 0 Å². The van der Waals surface area contributed by atoms with E-state index in [0.29, 0.717) is 21.6 Å². The molecule has 0 atom stereocenters. The van der Waals surface area contributed by atoms with Crippen LogP contribution < -0.4 is 10.1 Å². The number of carbonyl (C=O) groups excluding carboxylic acids is 2. The summed E-state index contributed by atoms with van der Waals surface area (Å²) in [6, 6.07) is 8.28. The number of benzene rings is 1.